The summed E-state index contributed by atoms with van der Waals surface area (Å²) in [5.74, 6) is 0.829. The molecule has 0 spiro atoms. The van der Waals surface area contributed by atoms with Crippen LogP contribution in [0.15, 0.2) is 60.8 Å². The Kier molecular flexibility index (Phi) is 3.73. The molecule has 100 valence electrons. The lowest BCUT2D eigenvalue weighted by Crippen LogP contribution is -2.00. The second-order valence-electron chi connectivity index (χ2n) is 4.54. The zero-order valence-corrected chi connectivity index (χ0v) is 13.2. The van der Waals surface area contributed by atoms with Crippen molar-refractivity contribution in [2.75, 3.05) is 5.32 Å². The minimum Gasteiger partial charge on any atom is -0.325 e. The Balaban J connectivity index is 1.96. The van der Waals surface area contributed by atoms with Crippen molar-refractivity contribution in [3.05, 3.63) is 70.1 Å². The molecule has 0 saturated carbocycles. The van der Waals surface area contributed by atoms with Crippen molar-refractivity contribution < 1.29 is 0 Å². The molecule has 3 rings (SSSR count). The van der Waals surface area contributed by atoms with E-state index in [2.05, 4.69) is 73.9 Å². The van der Waals surface area contributed by atoms with Crippen molar-refractivity contribution >= 4 is 34.2 Å². The van der Waals surface area contributed by atoms with Gasteiger partial charge in [-0.25, -0.2) is 4.98 Å². The normalized spacial score (nSPS) is 10.5. The molecule has 1 aromatic heterocycles. The molecule has 2 aromatic carbocycles. The zero-order chi connectivity index (χ0) is 13.9. The summed E-state index contributed by atoms with van der Waals surface area (Å²) in [6.07, 6.45) is 2.03. The fourth-order valence-electron chi connectivity index (χ4n) is 2.03. The molecule has 0 aliphatic rings. The predicted molar refractivity (Wildman–Crippen MR) is 90.7 cm³/mol. The van der Waals surface area contributed by atoms with E-state index in [0.717, 1.165) is 23.0 Å². The number of aromatic nitrogens is 2. The lowest BCUT2D eigenvalue weighted by molar-refractivity contribution is 1.06. The van der Waals surface area contributed by atoms with E-state index in [1.807, 2.05) is 31.3 Å². The van der Waals surface area contributed by atoms with Crippen molar-refractivity contribution in [2.24, 2.45) is 0 Å². The van der Waals surface area contributed by atoms with E-state index in [9.17, 15) is 0 Å². The molecule has 1 heterocycles. The van der Waals surface area contributed by atoms with Gasteiger partial charge in [-0.15, -0.1) is 0 Å². The molecule has 0 aliphatic heterocycles. The highest BCUT2D eigenvalue weighted by atomic mass is 127. The summed E-state index contributed by atoms with van der Waals surface area (Å²) in [4.78, 5) is 4.55. The number of hydrogen-bond donors (Lipinski definition) is 1. The zero-order valence-electron chi connectivity index (χ0n) is 11.0. The van der Waals surface area contributed by atoms with Crippen molar-refractivity contribution in [3.63, 3.8) is 0 Å². The van der Waals surface area contributed by atoms with Crippen LogP contribution >= 0.6 is 22.6 Å². The van der Waals surface area contributed by atoms with Gasteiger partial charge in [-0.1, -0.05) is 18.2 Å². The van der Waals surface area contributed by atoms with E-state index in [0.29, 0.717) is 0 Å². The molecule has 0 radical (unpaired) electrons. The highest BCUT2D eigenvalue weighted by molar-refractivity contribution is 14.1. The van der Waals surface area contributed by atoms with E-state index in [1.54, 1.807) is 0 Å². The molecule has 4 heteroatoms. The first-order valence-corrected chi connectivity index (χ1v) is 7.44. The van der Waals surface area contributed by atoms with Gasteiger partial charge in [0.2, 0.25) is 5.95 Å². The number of para-hydroxylation sites is 1. The number of rotatable bonds is 3. The second-order valence-corrected chi connectivity index (χ2v) is 5.79. The number of aryl methyl sites for hydroxylation is 1. The highest BCUT2D eigenvalue weighted by Gasteiger charge is 2.07. The molecule has 0 atom stereocenters. The van der Waals surface area contributed by atoms with E-state index >= 15 is 0 Å². The lowest BCUT2D eigenvalue weighted by atomic mass is 10.3. The largest absolute Gasteiger partial charge is 0.325 e. The lowest BCUT2D eigenvalue weighted by Gasteiger charge is -2.09. The third kappa shape index (κ3) is 2.85. The van der Waals surface area contributed by atoms with Crippen LogP contribution in [0.4, 0.5) is 11.6 Å². The summed E-state index contributed by atoms with van der Waals surface area (Å²) >= 11 is 2.30. The van der Waals surface area contributed by atoms with Crippen LogP contribution in [-0.4, -0.2) is 9.55 Å². The summed E-state index contributed by atoms with van der Waals surface area (Å²) in [5.41, 5.74) is 3.12. The number of nitrogens with zero attached hydrogens (tertiary/aromatic N) is 2. The molecule has 0 fully saturated rings. The van der Waals surface area contributed by atoms with Gasteiger partial charge in [-0.2, -0.15) is 0 Å². The number of halogens is 1. The summed E-state index contributed by atoms with van der Waals surface area (Å²) in [7, 11) is 0. The van der Waals surface area contributed by atoms with Crippen molar-refractivity contribution in [1.82, 2.24) is 9.55 Å². The van der Waals surface area contributed by atoms with Crippen LogP contribution in [0.2, 0.25) is 0 Å². The van der Waals surface area contributed by atoms with Gasteiger partial charge in [0, 0.05) is 21.1 Å². The topological polar surface area (TPSA) is 29.9 Å². The SMILES string of the molecule is Cc1cn(-c2ccccc2)c(Nc2ccc(I)cc2)n1. The number of hydrogen-bond acceptors (Lipinski definition) is 2. The molecule has 3 aromatic rings. The standard InChI is InChI=1S/C16H14IN3/c1-12-11-20(15-5-3-2-4-6-15)16(18-12)19-14-9-7-13(17)8-10-14/h2-11H,1H3,(H,18,19). The molecule has 3 nitrogen and oxygen atoms in total. The average molecular weight is 375 g/mol. The Hall–Kier alpha value is -1.82. The number of nitrogens with one attached hydrogen (secondary N) is 1. The second kappa shape index (κ2) is 5.66. The smallest absolute Gasteiger partial charge is 0.212 e. The van der Waals surface area contributed by atoms with Gasteiger partial charge in [-0.05, 0) is 65.9 Å². The average Bonchev–Trinajstić information content (AvgIpc) is 2.83. The monoisotopic (exact) mass is 375 g/mol. The molecule has 20 heavy (non-hydrogen) atoms. The van der Waals surface area contributed by atoms with Crippen LogP contribution in [0, 0.1) is 10.5 Å². The van der Waals surface area contributed by atoms with Crippen LogP contribution in [0.1, 0.15) is 5.69 Å². The summed E-state index contributed by atoms with van der Waals surface area (Å²) in [6.45, 7) is 2.00. The Bertz CT molecular complexity index is 702. The fraction of sp³-hybridized carbons (Fsp3) is 0.0625. The quantitative estimate of drug-likeness (QED) is 0.682. The van der Waals surface area contributed by atoms with Crippen LogP contribution in [0.25, 0.3) is 5.69 Å². The number of benzene rings is 2. The van der Waals surface area contributed by atoms with Crippen LogP contribution < -0.4 is 5.32 Å². The van der Waals surface area contributed by atoms with Crippen molar-refractivity contribution in [2.45, 2.75) is 6.92 Å². The Labute approximate surface area is 131 Å². The van der Waals surface area contributed by atoms with Crippen molar-refractivity contribution in [1.29, 1.82) is 0 Å². The molecule has 0 saturated heterocycles. The third-order valence-electron chi connectivity index (χ3n) is 2.96. The first kappa shape index (κ1) is 13.2. The fourth-order valence-corrected chi connectivity index (χ4v) is 2.39. The van der Waals surface area contributed by atoms with Crippen LogP contribution in [0.5, 0.6) is 0 Å². The summed E-state index contributed by atoms with van der Waals surface area (Å²) in [6, 6.07) is 18.5. The molecule has 0 aliphatic carbocycles. The first-order valence-electron chi connectivity index (χ1n) is 6.36. The minimum absolute atomic E-state index is 0.829. The van der Waals surface area contributed by atoms with Crippen molar-refractivity contribution in [3.8, 4) is 5.69 Å². The molecule has 0 unspecified atom stereocenters. The summed E-state index contributed by atoms with van der Waals surface area (Å²) in [5, 5.41) is 3.37. The Morgan fingerprint density at radius 2 is 1.70 bits per heavy atom. The van der Waals surface area contributed by atoms with Gasteiger partial charge in [0.05, 0.1) is 5.69 Å². The van der Waals surface area contributed by atoms with E-state index in [-0.39, 0.29) is 0 Å². The van der Waals surface area contributed by atoms with Gasteiger partial charge in [0.25, 0.3) is 0 Å². The maximum atomic E-state index is 4.55. The molecule has 1 N–H and O–H groups in total. The highest BCUT2D eigenvalue weighted by Crippen LogP contribution is 2.21. The maximum absolute atomic E-state index is 4.55. The molecule has 0 amide bonds. The first-order chi connectivity index (χ1) is 9.72. The molecule has 0 bridgehead atoms. The molecular weight excluding hydrogens is 361 g/mol. The number of anilines is 2. The van der Waals surface area contributed by atoms with E-state index in [4.69, 9.17) is 0 Å². The third-order valence-corrected chi connectivity index (χ3v) is 3.68. The maximum Gasteiger partial charge on any atom is 0.212 e. The van der Waals surface area contributed by atoms with Crippen LogP contribution in [-0.2, 0) is 0 Å². The number of imidazole rings is 1. The van der Waals surface area contributed by atoms with Gasteiger partial charge in [0.15, 0.2) is 0 Å². The van der Waals surface area contributed by atoms with E-state index in [1.165, 1.54) is 3.57 Å². The van der Waals surface area contributed by atoms with Gasteiger partial charge < -0.3 is 5.32 Å². The van der Waals surface area contributed by atoms with Gasteiger partial charge in [-0.3, -0.25) is 4.57 Å². The molecular formula is C16H14IN3. The minimum atomic E-state index is 0.829. The summed E-state index contributed by atoms with van der Waals surface area (Å²) < 4.78 is 3.28. The Morgan fingerprint density at radius 3 is 2.40 bits per heavy atom. The van der Waals surface area contributed by atoms with E-state index < -0.39 is 0 Å². The Morgan fingerprint density at radius 1 is 1.00 bits per heavy atom. The predicted octanol–water partition coefficient (Wildman–Crippen LogP) is 4.53. The van der Waals surface area contributed by atoms with Crippen LogP contribution in [0.3, 0.4) is 0 Å². The van der Waals surface area contributed by atoms with Gasteiger partial charge >= 0.3 is 0 Å². The van der Waals surface area contributed by atoms with Gasteiger partial charge in [0.1, 0.15) is 0 Å².